The van der Waals surface area contributed by atoms with Crippen LogP contribution in [0.2, 0.25) is 5.02 Å². The van der Waals surface area contributed by atoms with Gasteiger partial charge < -0.3 is 14.4 Å². The van der Waals surface area contributed by atoms with Gasteiger partial charge in [-0.1, -0.05) is 29.8 Å². The second-order valence-electron chi connectivity index (χ2n) is 7.69. The van der Waals surface area contributed by atoms with Crippen molar-refractivity contribution in [2.24, 2.45) is 0 Å². The number of aromatic nitrogens is 1. The smallest absolute Gasteiger partial charge is 0.347 e. The Hall–Kier alpha value is -2.72. The molecule has 1 N–H and O–H groups in total. The van der Waals surface area contributed by atoms with E-state index in [0.717, 1.165) is 28.8 Å². The number of fused-ring (bicyclic) bond motifs is 1. The van der Waals surface area contributed by atoms with Gasteiger partial charge in [0.25, 0.3) is 0 Å². The fraction of sp³-hybridized carbons (Fsp3) is 0.292. The van der Waals surface area contributed by atoms with E-state index in [1.165, 1.54) is 16.8 Å². The zero-order valence-electron chi connectivity index (χ0n) is 17.0. The highest BCUT2D eigenvalue weighted by molar-refractivity contribution is 6.30. The van der Waals surface area contributed by atoms with Crippen LogP contribution in [0.4, 0.5) is 0 Å². The lowest BCUT2D eigenvalue weighted by Gasteiger charge is -2.21. The SMILES string of the molecule is C=CCn1c(C)c(CCc2ccc(Cl)cc2)c2cc(OC(C)(C)C(=O)O)ccc21. The quantitative estimate of drug-likeness (QED) is 0.475. The monoisotopic (exact) mass is 411 g/mol. The van der Waals surface area contributed by atoms with E-state index in [1.54, 1.807) is 13.8 Å². The average Bonchev–Trinajstić information content (AvgIpc) is 2.92. The molecule has 0 fully saturated rings. The minimum atomic E-state index is -1.30. The lowest BCUT2D eigenvalue weighted by molar-refractivity contribution is -0.152. The van der Waals surface area contributed by atoms with Crippen LogP contribution in [0.3, 0.4) is 0 Å². The second-order valence-corrected chi connectivity index (χ2v) is 8.12. The molecule has 3 rings (SSSR count). The Morgan fingerprint density at radius 3 is 2.52 bits per heavy atom. The summed E-state index contributed by atoms with van der Waals surface area (Å²) in [5, 5.41) is 11.2. The minimum absolute atomic E-state index is 0.549. The predicted molar refractivity (Wildman–Crippen MR) is 118 cm³/mol. The molecule has 0 saturated heterocycles. The molecule has 0 radical (unpaired) electrons. The number of carboxylic acids is 1. The highest BCUT2D eigenvalue weighted by atomic mass is 35.5. The fourth-order valence-electron chi connectivity index (χ4n) is 3.53. The van der Waals surface area contributed by atoms with Crippen LogP contribution in [0.5, 0.6) is 5.75 Å². The first kappa shape index (κ1) is 21.0. The summed E-state index contributed by atoms with van der Waals surface area (Å²) in [5.41, 5.74) is 3.43. The Morgan fingerprint density at radius 2 is 1.90 bits per heavy atom. The summed E-state index contributed by atoms with van der Waals surface area (Å²) in [5.74, 6) is -0.450. The van der Waals surface area contributed by atoms with Crippen molar-refractivity contribution in [3.8, 4) is 5.75 Å². The normalized spacial score (nSPS) is 11.6. The van der Waals surface area contributed by atoms with E-state index in [-0.39, 0.29) is 0 Å². The third-order valence-electron chi connectivity index (χ3n) is 5.20. The van der Waals surface area contributed by atoms with Crippen LogP contribution >= 0.6 is 11.6 Å². The summed E-state index contributed by atoms with van der Waals surface area (Å²) >= 11 is 5.99. The van der Waals surface area contributed by atoms with Gasteiger partial charge >= 0.3 is 5.97 Å². The minimum Gasteiger partial charge on any atom is -0.478 e. The van der Waals surface area contributed by atoms with E-state index in [2.05, 4.69) is 18.1 Å². The Kier molecular flexibility index (Phi) is 6.04. The number of hydrogen-bond acceptors (Lipinski definition) is 2. The van der Waals surface area contributed by atoms with Crippen molar-refractivity contribution in [2.75, 3.05) is 0 Å². The van der Waals surface area contributed by atoms with Crippen LogP contribution in [-0.2, 0) is 24.2 Å². The van der Waals surface area contributed by atoms with Gasteiger partial charge in [0.15, 0.2) is 5.60 Å². The van der Waals surface area contributed by atoms with Crippen molar-refractivity contribution in [1.82, 2.24) is 4.57 Å². The Labute approximate surface area is 176 Å². The molecule has 0 bridgehead atoms. The van der Waals surface area contributed by atoms with Gasteiger partial charge in [-0.05, 0) is 75.1 Å². The van der Waals surface area contributed by atoms with E-state index < -0.39 is 11.6 Å². The summed E-state index contributed by atoms with van der Waals surface area (Å²) in [6, 6.07) is 13.7. The standard InChI is InChI=1S/C24H26ClNO3/c1-5-14-26-16(2)20(12-8-17-6-9-18(25)10-7-17)21-15-19(11-13-22(21)26)29-24(3,4)23(27)28/h5-7,9-11,13,15H,1,8,12,14H2,2-4H3,(H,27,28). The van der Waals surface area contributed by atoms with Crippen LogP contribution in [0.25, 0.3) is 10.9 Å². The van der Waals surface area contributed by atoms with E-state index in [9.17, 15) is 9.90 Å². The molecule has 0 saturated carbocycles. The van der Waals surface area contributed by atoms with Crippen LogP contribution in [0.1, 0.15) is 30.7 Å². The molecule has 152 valence electrons. The summed E-state index contributed by atoms with van der Waals surface area (Å²) in [6.45, 7) is 9.80. The van der Waals surface area contributed by atoms with Gasteiger partial charge in [-0.3, -0.25) is 0 Å². The Morgan fingerprint density at radius 1 is 1.21 bits per heavy atom. The molecule has 0 amide bonds. The topological polar surface area (TPSA) is 51.5 Å². The summed E-state index contributed by atoms with van der Waals surface area (Å²) in [4.78, 5) is 11.4. The molecule has 2 aromatic carbocycles. The molecule has 1 aromatic heterocycles. The molecule has 1 heterocycles. The van der Waals surface area contributed by atoms with Crippen molar-refractivity contribution in [3.05, 3.63) is 77.0 Å². The maximum atomic E-state index is 11.4. The number of benzene rings is 2. The summed E-state index contributed by atoms with van der Waals surface area (Å²) in [7, 11) is 0. The average molecular weight is 412 g/mol. The largest absolute Gasteiger partial charge is 0.478 e. The van der Waals surface area contributed by atoms with Crippen LogP contribution in [-0.4, -0.2) is 21.2 Å². The molecular weight excluding hydrogens is 386 g/mol. The number of allylic oxidation sites excluding steroid dienone is 1. The van der Waals surface area contributed by atoms with Gasteiger partial charge in [0.1, 0.15) is 5.75 Å². The Balaban J connectivity index is 2.00. The molecule has 29 heavy (non-hydrogen) atoms. The first-order valence-corrected chi connectivity index (χ1v) is 10.00. The fourth-order valence-corrected chi connectivity index (χ4v) is 3.66. The number of aryl methyl sites for hydroxylation is 2. The maximum Gasteiger partial charge on any atom is 0.347 e. The van der Waals surface area contributed by atoms with Crippen LogP contribution < -0.4 is 4.74 Å². The number of ether oxygens (including phenoxy) is 1. The number of hydrogen-bond donors (Lipinski definition) is 1. The lowest BCUT2D eigenvalue weighted by atomic mass is 10.0. The summed E-state index contributed by atoms with van der Waals surface area (Å²) < 4.78 is 8.00. The molecule has 4 nitrogen and oxygen atoms in total. The maximum absolute atomic E-state index is 11.4. The molecule has 0 aliphatic heterocycles. The first-order valence-electron chi connectivity index (χ1n) is 9.62. The van der Waals surface area contributed by atoms with Gasteiger partial charge in [-0.15, -0.1) is 6.58 Å². The highest BCUT2D eigenvalue weighted by Gasteiger charge is 2.29. The predicted octanol–water partition coefficient (Wildman–Crippen LogP) is 5.82. The molecule has 0 spiro atoms. The molecule has 3 aromatic rings. The number of nitrogens with zero attached hydrogens (tertiary/aromatic N) is 1. The van der Waals surface area contributed by atoms with E-state index in [0.29, 0.717) is 12.3 Å². The van der Waals surface area contributed by atoms with Crippen molar-refractivity contribution in [2.45, 2.75) is 45.8 Å². The Bertz CT molecular complexity index is 1050. The van der Waals surface area contributed by atoms with Gasteiger partial charge in [-0.2, -0.15) is 0 Å². The number of halogens is 1. The van der Waals surface area contributed by atoms with Crippen LogP contribution in [0.15, 0.2) is 55.1 Å². The zero-order chi connectivity index (χ0) is 21.2. The third-order valence-corrected chi connectivity index (χ3v) is 5.45. The second kappa shape index (κ2) is 8.34. The van der Waals surface area contributed by atoms with Crippen molar-refractivity contribution < 1.29 is 14.6 Å². The molecule has 0 atom stereocenters. The number of aliphatic carboxylic acids is 1. The highest BCUT2D eigenvalue weighted by Crippen LogP contribution is 2.32. The van der Waals surface area contributed by atoms with E-state index in [4.69, 9.17) is 16.3 Å². The molecule has 0 aliphatic carbocycles. The zero-order valence-corrected chi connectivity index (χ0v) is 17.8. The summed E-state index contributed by atoms with van der Waals surface area (Å²) in [6.07, 6.45) is 3.63. The third kappa shape index (κ3) is 4.48. The molecule has 5 heteroatoms. The van der Waals surface area contributed by atoms with Gasteiger partial charge in [0.05, 0.1) is 0 Å². The first-order chi connectivity index (χ1) is 13.7. The van der Waals surface area contributed by atoms with Crippen molar-refractivity contribution in [3.63, 3.8) is 0 Å². The van der Waals surface area contributed by atoms with E-state index >= 15 is 0 Å². The molecule has 0 aliphatic rings. The number of rotatable bonds is 8. The number of carbonyl (C=O) groups is 1. The number of carboxylic acid groups (broad SMARTS) is 1. The van der Waals surface area contributed by atoms with Crippen LogP contribution in [0, 0.1) is 6.92 Å². The van der Waals surface area contributed by atoms with Gasteiger partial charge in [-0.25, -0.2) is 4.79 Å². The van der Waals surface area contributed by atoms with E-state index in [1.807, 2.05) is 48.5 Å². The molecular formula is C24H26ClNO3. The van der Waals surface area contributed by atoms with Gasteiger partial charge in [0.2, 0.25) is 0 Å². The van der Waals surface area contributed by atoms with Crippen molar-refractivity contribution in [1.29, 1.82) is 0 Å². The molecule has 0 unspecified atom stereocenters. The van der Waals surface area contributed by atoms with Gasteiger partial charge in [0, 0.05) is 28.2 Å². The van der Waals surface area contributed by atoms with Crippen molar-refractivity contribution >= 4 is 28.5 Å². The lowest BCUT2D eigenvalue weighted by Crippen LogP contribution is -2.37.